The zero-order valence-electron chi connectivity index (χ0n) is 13.6. The Labute approximate surface area is 137 Å². The number of amides is 2. The van der Waals surface area contributed by atoms with Crippen LogP contribution in [0.15, 0.2) is 30.6 Å². The molecule has 0 unspecified atom stereocenters. The van der Waals surface area contributed by atoms with Crippen molar-refractivity contribution in [3.8, 4) is 0 Å². The minimum absolute atomic E-state index is 0.0674. The maximum atomic E-state index is 13.1. The van der Waals surface area contributed by atoms with E-state index in [0.717, 1.165) is 18.2 Å². The largest absolute Gasteiger partial charge is 0.343 e. The Morgan fingerprint density at radius 2 is 1.92 bits per heavy atom. The maximum Gasteiger partial charge on any atom is 0.251 e. The Balaban J connectivity index is 1.89. The molecule has 1 aromatic carbocycles. The first kappa shape index (κ1) is 17.6. The average molecular weight is 336 g/mol. The molecule has 2 rings (SSSR count). The number of hydrogen-bond donors (Lipinski definition) is 2. The minimum Gasteiger partial charge on any atom is -0.343 e. The predicted molar refractivity (Wildman–Crippen MR) is 84.5 cm³/mol. The summed E-state index contributed by atoms with van der Waals surface area (Å²) < 4.78 is 27.6. The van der Waals surface area contributed by atoms with Gasteiger partial charge in [-0.2, -0.15) is 5.10 Å². The minimum atomic E-state index is -1.12. The third-order valence-corrected chi connectivity index (χ3v) is 3.14. The molecule has 0 aliphatic heterocycles. The van der Waals surface area contributed by atoms with E-state index in [-0.39, 0.29) is 17.6 Å². The SMILES string of the molecule is CC(C)(C)n1cc(NC(=O)CNC(=O)c2ccc(F)c(F)c2)cn1. The van der Waals surface area contributed by atoms with Gasteiger partial charge in [-0.05, 0) is 39.0 Å². The van der Waals surface area contributed by atoms with Crippen LogP contribution in [0.3, 0.4) is 0 Å². The molecule has 0 aliphatic rings. The smallest absolute Gasteiger partial charge is 0.251 e. The van der Waals surface area contributed by atoms with E-state index in [1.54, 1.807) is 10.9 Å². The fraction of sp³-hybridized carbons (Fsp3) is 0.312. The number of halogens is 2. The van der Waals surface area contributed by atoms with Crippen LogP contribution >= 0.6 is 0 Å². The Hall–Kier alpha value is -2.77. The number of anilines is 1. The lowest BCUT2D eigenvalue weighted by atomic mass is 10.1. The molecule has 0 saturated carbocycles. The summed E-state index contributed by atoms with van der Waals surface area (Å²) in [5.74, 6) is -3.30. The van der Waals surface area contributed by atoms with Gasteiger partial charge in [0.1, 0.15) is 0 Å². The van der Waals surface area contributed by atoms with Crippen LogP contribution in [0.4, 0.5) is 14.5 Å². The van der Waals surface area contributed by atoms with Gasteiger partial charge in [-0.15, -0.1) is 0 Å². The van der Waals surface area contributed by atoms with Crippen LogP contribution in [-0.4, -0.2) is 28.1 Å². The molecule has 0 fully saturated rings. The first-order valence-electron chi connectivity index (χ1n) is 7.25. The molecule has 0 atom stereocenters. The molecule has 8 heteroatoms. The van der Waals surface area contributed by atoms with E-state index >= 15 is 0 Å². The zero-order valence-corrected chi connectivity index (χ0v) is 13.6. The van der Waals surface area contributed by atoms with Crippen LogP contribution in [0.5, 0.6) is 0 Å². The topological polar surface area (TPSA) is 76.0 Å². The maximum absolute atomic E-state index is 13.1. The summed E-state index contributed by atoms with van der Waals surface area (Å²) in [6.07, 6.45) is 3.18. The third kappa shape index (κ3) is 4.37. The Bertz CT molecular complexity index is 766. The van der Waals surface area contributed by atoms with E-state index in [9.17, 15) is 18.4 Å². The fourth-order valence-electron chi connectivity index (χ4n) is 1.86. The van der Waals surface area contributed by atoms with Crippen molar-refractivity contribution in [1.82, 2.24) is 15.1 Å². The van der Waals surface area contributed by atoms with E-state index in [0.29, 0.717) is 5.69 Å². The molecule has 1 aromatic heterocycles. The number of aromatic nitrogens is 2. The van der Waals surface area contributed by atoms with Crippen molar-refractivity contribution < 1.29 is 18.4 Å². The van der Waals surface area contributed by atoms with Gasteiger partial charge < -0.3 is 10.6 Å². The van der Waals surface area contributed by atoms with Crippen molar-refractivity contribution in [1.29, 1.82) is 0 Å². The van der Waals surface area contributed by atoms with Gasteiger partial charge in [0.25, 0.3) is 5.91 Å². The van der Waals surface area contributed by atoms with Gasteiger partial charge in [-0.3, -0.25) is 14.3 Å². The predicted octanol–water partition coefficient (Wildman–Crippen LogP) is 2.28. The second kappa shape index (κ2) is 6.77. The highest BCUT2D eigenvalue weighted by atomic mass is 19.2. The van der Waals surface area contributed by atoms with Gasteiger partial charge in [0, 0.05) is 11.8 Å². The third-order valence-electron chi connectivity index (χ3n) is 3.14. The summed E-state index contributed by atoms with van der Waals surface area (Å²) in [5, 5.41) is 9.06. The molecule has 0 spiro atoms. The second-order valence-electron chi connectivity index (χ2n) is 6.20. The van der Waals surface area contributed by atoms with E-state index in [4.69, 9.17) is 0 Å². The number of carbonyl (C=O) groups excluding carboxylic acids is 2. The number of carbonyl (C=O) groups is 2. The highest BCUT2D eigenvalue weighted by Crippen LogP contribution is 2.15. The van der Waals surface area contributed by atoms with Gasteiger partial charge in [0.15, 0.2) is 11.6 Å². The summed E-state index contributed by atoms with van der Waals surface area (Å²) in [4.78, 5) is 23.6. The van der Waals surface area contributed by atoms with E-state index < -0.39 is 23.4 Å². The van der Waals surface area contributed by atoms with Crippen LogP contribution < -0.4 is 10.6 Å². The van der Waals surface area contributed by atoms with Crippen LogP contribution in [0.2, 0.25) is 0 Å². The lowest BCUT2D eigenvalue weighted by molar-refractivity contribution is -0.115. The standard InChI is InChI=1S/C16H18F2N4O2/c1-16(2,3)22-9-11(7-20-22)21-14(23)8-19-15(24)10-4-5-12(17)13(18)6-10/h4-7,9H,8H2,1-3H3,(H,19,24)(H,21,23). The van der Waals surface area contributed by atoms with Gasteiger partial charge in [-0.25, -0.2) is 8.78 Å². The molecule has 6 nitrogen and oxygen atoms in total. The van der Waals surface area contributed by atoms with Gasteiger partial charge in [0.05, 0.1) is 24.0 Å². The van der Waals surface area contributed by atoms with Crippen molar-refractivity contribution in [3.05, 3.63) is 47.8 Å². The molecular formula is C16H18F2N4O2. The summed E-state index contributed by atoms with van der Waals surface area (Å²) in [5.41, 5.74) is 0.211. The molecule has 24 heavy (non-hydrogen) atoms. The number of benzene rings is 1. The molecule has 2 N–H and O–H groups in total. The van der Waals surface area contributed by atoms with Crippen LogP contribution in [0, 0.1) is 11.6 Å². The lowest BCUT2D eigenvalue weighted by Gasteiger charge is -2.18. The first-order chi connectivity index (χ1) is 11.2. The van der Waals surface area contributed by atoms with Gasteiger partial charge in [-0.1, -0.05) is 0 Å². The Kier molecular flexibility index (Phi) is 4.96. The molecule has 128 valence electrons. The van der Waals surface area contributed by atoms with E-state index in [1.807, 2.05) is 20.8 Å². The molecule has 0 bridgehead atoms. The van der Waals surface area contributed by atoms with E-state index in [1.165, 1.54) is 6.20 Å². The highest BCUT2D eigenvalue weighted by Gasteiger charge is 2.15. The summed E-state index contributed by atoms with van der Waals surface area (Å²) in [6, 6.07) is 2.76. The molecular weight excluding hydrogens is 318 g/mol. The number of rotatable bonds is 4. The molecule has 0 aliphatic carbocycles. The monoisotopic (exact) mass is 336 g/mol. The Morgan fingerprint density at radius 3 is 2.50 bits per heavy atom. The number of nitrogens with zero attached hydrogens (tertiary/aromatic N) is 2. The van der Waals surface area contributed by atoms with Crippen LogP contribution in [0.1, 0.15) is 31.1 Å². The fourth-order valence-corrected chi connectivity index (χ4v) is 1.86. The van der Waals surface area contributed by atoms with Crippen LogP contribution in [0.25, 0.3) is 0 Å². The van der Waals surface area contributed by atoms with E-state index in [2.05, 4.69) is 15.7 Å². The lowest BCUT2D eigenvalue weighted by Crippen LogP contribution is -2.32. The zero-order chi connectivity index (χ0) is 17.9. The van der Waals surface area contributed by atoms with Crippen molar-refractivity contribution in [2.75, 3.05) is 11.9 Å². The highest BCUT2D eigenvalue weighted by molar-refractivity contribution is 5.99. The Morgan fingerprint density at radius 1 is 1.21 bits per heavy atom. The number of nitrogens with one attached hydrogen (secondary N) is 2. The van der Waals surface area contributed by atoms with Crippen LogP contribution in [-0.2, 0) is 10.3 Å². The molecule has 1 heterocycles. The van der Waals surface area contributed by atoms with Gasteiger partial charge in [0.2, 0.25) is 5.91 Å². The normalized spacial score (nSPS) is 11.2. The van der Waals surface area contributed by atoms with Crippen molar-refractivity contribution in [3.63, 3.8) is 0 Å². The summed E-state index contributed by atoms with van der Waals surface area (Å²) >= 11 is 0. The molecule has 2 amide bonds. The molecule has 0 radical (unpaired) electrons. The van der Waals surface area contributed by atoms with Gasteiger partial charge >= 0.3 is 0 Å². The average Bonchev–Trinajstić information content (AvgIpc) is 2.96. The summed E-state index contributed by atoms with van der Waals surface area (Å²) in [6.45, 7) is 5.59. The second-order valence-corrected chi connectivity index (χ2v) is 6.20. The molecule has 2 aromatic rings. The molecule has 0 saturated heterocycles. The quantitative estimate of drug-likeness (QED) is 0.899. The number of hydrogen-bond acceptors (Lipinski definition) is 3. The summed E-state index contributed by atoms with van der Waals surface area (Å²) in [7, 11) is 0. The van der Waals surface area contributed by atoms with Crippen molar-refractivity contribution in [2.45, 2.75) is 26.3 Å². The van der Waals surface area contributed by atoms with Crippen molar-refractivity contribution in [2.24, 2.45) is 0 Å². The van der Waals surface area contributed by atoms with Crippen molar-refractivity contribution >= 4 is 17.5 Å². The first-order valence-corrected chi connectivity index (χ1v) is 7.25.